The fourth-order valence-electron chi connectivity index (χ4n) is 11.0. The van der Waals surface area contributed by atoms with Crippen LogP contribution in [0.3, 0.4) is 0 Å². The van der Waals surface area contributed by atoms with E-state index >= 15 is 0 Å². The Kier molecular flexibility index (Phi) is 7.49. The van der Waals surface area contributed by atoms with E-state index in [-0.39, 0.29) is 5.41 Å². The molecule has 1 nitrogen and oxygen atoms in total. The van der Waals surface area contributed by atoms with Gasteiger partial charge >= 0.3 is 0 Å². The number of benzene rings is 6. The predicted octanol–water partition coefficient (Wildman–Crippen LogP) is 14.2. The monoisotopic (exact) mass is 663 g/mol. The van der Waals surface area contributed by atoms with Crippen LogP contribution in [-0.4, -0.2) is 0 Å². The minimum atomic E-state index is -0.0971. The molecule has 0 spiro atoms. The van der Waals surface area contributed by atoms with Gasteiger partial charge in [0.25, 0.3) is 0 Å². The maximum Gasteiger partial charge on any atom is 0.0543 e. The number of rotatable bonds is 6. The van der Waals surface area contributed by atoms with E-state index in [0.717, 1.165) is 17.8 Å². The summed E-state index contributed by atoms with van der Waals surface area (Å²) in [7, 11) is 0. The molecule has 0 saturated heterocycles. The van der Waals surface area contributed by atoms with Crippen molar-refractivity contribution in [3.05, 3.63) is 150 Å². The van der Waals surface area contributed by atoms with Gasteiger partial charge in [0.1, 0.15) is 0 Å². The second-order valence-corrected chi connectivity index (χ2v) is 16.7. The maximum atomic E-state index is 2.61. The number of anilines is 3. The molecule has 4 aliphatic carbocycles. The van der Waals surface area contributed by atoms with Crippen LogP contribution in [0.2, 0.25) is 0 Å². The van der Waals surface area contributed by atoms with Gasteiger partial charge in [-0.1, -0.05) is 137 Å². The second-order valence-electron chi connectivity index (χ2n) is 16.7. The van der Waals surface area contributed by atoms with Gasteiger partial charge in [0.05, 0.1) is 11.4 Å². The molecule has 10 rings (SSSR count). The van der Waals surface area contributed by atoms with Crippen molar-refractivity contribution in [2.24, 2.45) is 11.8 Å². The summed E-state index contributed by atoms with van der Waals surface area (Å²) in [4.78, 5) is 2.61. The number of hydrogen-bond acceptors (Lipinski definition) is 1. The van der Waals surface area contributed by atoms with Gasteiger partial charge < -0.3 is 4.90 Å². The first-order chi connectivity index (χ1) is 25.0. The Morgan fingerprint density at radius 1 is 0.549 bits per heavy atom. The molecule has 51 heavy (non-hydrogen) atoms. The Bertz CT molecular complexity index is 2240. The largest absolute Gasteiger partial charge is 0.309 e. The second kappa shape index (κ2) is 12.3. The van der Waals surface area contributed by atoms with E-state index in [1.54, 1.807) is 0 Å². The zero-order valence-corrected chi connectivity index (χ0v) is 30.2. The average molecular weight is 664 g/mol. The Morgan fingerprint density at radius 2 is 1.29 bits per heavy atom. The normalized spacial score (nSPS) is 21.9. The lowest BCUT2D eigenvalue weighted by atomic mass is 9.81. The summed E-state index contributed by atoms with van der Waals surface area (Å²) in [5, 5.41) is 2.76. The van der Waals surface area contributed by atoms with Crippen LogP contribution in [0.25, 0.3) is 33.0 Å². The van der Waals surface area contributed by atoms with Gasteiger partial charge in [-0.15, -0.1) is 0 Å². The molecule has 1 heteroatoms. The molecule has 0 aliphatic heterocycles. The van der Waals surface area contributed by atoms with Crippen molar-refractivity contribution in [3.63, 3.8) is 0 Å². The van der Waals surface area contributed by atoms with E-state index in [1.807, 2.05) is 0 Å². The molecule has 0 N–H and O–H groups in total. The highest BCUT2D eigenvalue weighted by molar-refractivity contribution is 6.03. The molecule has 0 amide bonds. The highest BCUT2D eigenvalue weighted by Gasteiger charge is 2.40. The van der Waals surface area contributed by atoms with Crippen LogP contribution in [-0.2, 0) is 5.41 Å². The molecule has 6 aromatic rings. The van der Waals surface area contributed by atoms with Crippen LogP contribution in [0.4, 0.5) is 17.1 Å². The Hall–Kier alpha value is -4.62. The topological polar surface area (TPSA) is 3.24 Å². The molecular formula is C50H49N. The van der Waals surface area contributed by atoms with Crippen LogP contribution in [0.15, 0.2) is 127 Å². The third-order valence-electron chi connectivity index (χ3n) is 13.6. The van der Waals surface area contributed by atoms with E-state index in [2.05, 4.69) is 146 Å². The molecule has 2 bridgehead atoms. The molecule has 4 aliphatic rings. The van der Waals surface area contributed by atoms with Gasteiger partial charge in [-0.3, -0.25) is 0 Å². The van der Waals surface area contributed by atoms with Crippen molar-refractivity contribution < 1.29 is 0 Å². The SMILES string of the molecule is CC1(C)c2ccccc2-c2cc(-c3ccccc3)c(N(c3ccc(C4CC5CCC4C5)cc3)c3ccc(C4CCCCC4)c4ccccc34)cc21. The van der Waals surface area contributed by atoms with E-state index in [9.17, 15) is 0 Å². The summed E-state index contributed by atoms with van der Waals surface area (Å²) in [6.07, 6.45) is 12.3. The zero-order valence-electron chi connectivity index (χ0n) is 30.2. The molecule has 3 fully saturated rings. The third kappa shape index (κ3) is 5.10. The Balaban J connectivity index is 1.21. The van der Waals surface area contributed by atoms with Gasteiger partial charge in [-0.2, -0.15) is 0 Å². The quantitative estimate of drug-likeness (QED) is 0.171. The molecular weight excluding hydrogens is 615 g/mol. The van der Waals surface area contributed by atoms with Gasteiger partial charge in [-0.25, -0.2) is 0 Å². The van der Waals surface area contributed by atoms with Crippen LogP contribution < -0.4 is 4.90 Å². The highest BCUT2D eigenvalue weighted by Crippen LogP contribution is 2.56. The average Bonchev–Trinajstić information content (AvgIpc) is 3.89. The van der Waals surface area contributed by atoms with Gasteiger partial charge in [0.2, 0.25) is 0 Å². The van der Waals surface area contributed by atoms with Crippen molar-refractivity contribution >= 4 is 27.8 Å². The van der Waals surface area contributed by atoms with Crippen LogP contribution in [0, 0.1) is 11.8 Å². The Labute approximate surface area is 304 Å². The third-order valence-corrected chi connectivity index (χ3v) is 13.6. The lowest BCUT2D eigenvalue weighted by molar-refractivity contribution is 0.420. The Morgan fingerprint density at radius 3 is 2.06 bits per heavy atom. The fourth-order valence-corrected chi connectivity index (χ4v) is 11.0. The maximum absolute atomic E-state index is 2.61. The number of fused-ring (bicyclic) bond motifs is 6. The summed E-state index contributed by atoms with van der Waals surface area (Å²) in [6.45, 7) is 4.82. The van der Waals surface area contributed by atoms with Crippen molar-refractivity contribution in [2.75, 3.05) is 4.90 Å². The lowest BCUT2D eigenvalue weighted by Gasteiger charge is -2.32. The van der Waals surface area contributed by atoms with E-state index in [4.69, 9.17) is 0 Å². The first-order valence-electron chi connectivity index (χ1n) is 19.8. The molecule has 0 radical (unpaired) electrons. The summed E-state index contributed by atoms with van der Waals surface area (Å²) in [5.74, 6) is 3.18. The van der Waals surface area contributed by atoms with Gasteiger partial charge in [-0.05, 0) is 130 Å². The van der Waals surface area contributed by atoms with Crippen molar-refractivity contribution in [3.8, 4) is 22.3 Å². The molecule has 6 aromatic carbocycles. The summed E-state index contributed by atoms with van der Waals surface area (Å²) in [6, 6.07) is 49.2. The molecule has 3 atom stereocenters. The van der Waals surface area contributed by atoms with Crippen molar-refractivity contribution in [2.45, 2.75) is 88.9 Å². The first kappa shape index (κ1) is 31.1. The minimum Gasteiger partial charge on any atom is -0.309 e. The van der Waals surface area contributed by atoms with E-state index in [1.165, 1.54) is 130 Å². The molecule has 3 unspecified atom stereocenters. The molecule has 0 heterocycles. The van der Waals surface area contributed by atoms with Crippen LogP contribution in [0.1, 0.15) is 106 Å². The van der Waals surface area contributed by atoms with E-state index < -0.39 is 0 Å². The summed E-state index contributed by atoms with van der Waals surface area (Å²) < 4.78 is 0. The van der Waals surface area contributed by atoms with Gasteiger partial charge in [0.15, 0.2) is 0 Å². The standard InChI is InChI=1S/C50H49N/c1-50(2)46-20-12-11-18-41(46)45-31-44(35-15-7-4-8-16-35)49(32-47(45)50)51(38-25-23-36(24-26-38)43-30-33-21-22-37(43)29-33)48-28-27-39(34-13-5-3-6-14-34)40-17-9-10-19-42(40)48/h4,7-12,15-20,23-28,31-34,37,43H,3,5-6,13-14,21-22,29-30H2,1-2H3. The molecule has 0 aromatic heterocycles. The zero-order chi connectivity index (χ0) is 34.1. The van der Waals surface area contributed by atoms with Crippen molar-refractivity contribution in [1.82, 2.24) is 0 Å². The fraction of sp³-hybridized carbons (Fsp3) is 0.320. The molecule has 254 valence electrons. The predicted molar refractivity (Wildman–Crippen MR) is 216 cm³/mol. The lowest BCUT2D eigenvalue weighted by Crippen LogP contribution is -2.17. The number of hydrogen-bond donors (Lipinski definition) is 0. The first-order valence-corrected chi connectivity index (χ1v) is 19.8. The summed E-state index contributed by atoms with van der Waals surface area (Å²) >= 11 is 0. The smallest absolute Gasteiger partial charge is 0.0543 e. The minimum absolute atomic E-state index is 0.0971. The number of nitrogens with zero attached hydrogens (tertiary/aromatic N) is 1. The van der Waals surface area contributed by atoms with Gasteiger partial charge in [0, 0.05) is 22.1 Å². The van der Waals surface area contributed by atoms with Crippen LogP contribution >= 0.6 is 0 Å². The summed E-state index contributed by atoms with van der Waals surface area (Å²) in [5.41, 5.74) is 14.8. The highest BCUT2D eigenvalue weighted by atomic mass is 15.1. The van der Waals surface area contributed by atoms with E-state index in [0.29, 0.717) is 5.92 Å². The molecule has 3 saturated carbocycles. The van der Waals surface area contributed by atoms with Crippen LogP contribution in [0.5, 0.6) is 0 Å². The van der Waals surface area contributed by atoms with Crippen molar-refractivity contribution in [1.29, 1.82) is 0 Å².